The van der Waals surface area contributed by atoms with Crippen LogP contribution in [0.15, 0.2) is 11.4 Å². The number of anilines is 2. The van der Waals surface area contributed by atoms with Gasteiger partial charge >= 0.3 is 0 Å². The Labute approximate surface area is 124 Å². The van der Waals surface area contributed by atoms with Crippen LogP contribution in [0.4, 0.5) is 10.7 Å². The summed E-state index contributed by atoms with van der Waals surface area (Å²) < 4.78 is 0. The van der Waals surface area contributed by atoms with Gasteiger partial charge in [0.2, 0.25) is 0 Å². The number of nitriles is 1. The topological polar surface area (TPSA) is 96.1 Å². The van der Waals surface area contributed by atoms with Gasteiger partial charge < -0.3 is 16.4 Å². The number of nitrogens with two attached hydrogens (primary N) is 2. The molecular formula is C13H12N4OS2. The minimum Gasteiger partial charge on any atom is -0.396 e. The van der Waals surface area contributed by atoms with Gasteiger partial charge in [-0.2, -0.15) is 5.26 Å². The number of thiophene rings is 2. The van der Waals surface area contributed by atoms with Crippen LogP contribution in [0.2, 0.25) is 0 Å². The first kappa shape index (κ1) is 13.0. The fourth-order valence-electron chi connectivity index (χ4n) is 2.37. The first-order valence-corrected chi connectivity index (χ1v) is 7.73. The Bertz CT molecular complexity index is 725. The van der Waals surface area contributed by atoms with E-state index in [-0.39, 0.29) is 10.6 Å². The lowest BCUT2D eigenvalue weighted by atomic mass is 10.1. The minimum atomic E-state index is -0.580. The molecule has 20 heavy (non-hydrogen) atoms. The lowest BCUT2D eigenvalue weighted by Crippen LogP contribution is -2.29. The number of nitrogens with zero attached hydrogens (tertiary/aromatic N) is 2. The average molecular weight is 304 g/mol. The molecule has 102 valence electrons. The quantitative estimate of drug-likeness (QED) is 0.886. The van der Waals surface area contributed by atoms with Crippen molar-refractivity contribution >= 4 is 39.3 Å². The van der Waals surface area contributed by atoms with E-state index < -0.39 is 5.91 Å². The molecule has 0 saturated heterocycles. The molecule has 0 spiro atoms. The molecule has 0 aromatic carbocycles. The number of carbonyl (C=O) groups excluding carboxylic acids is 1. The Morgan fingerprint density at radius 2 is 2.30 bits per heavy atom. The molecule has 0 fully saturated rings. The predicted molar refractivity (Wildman–Crippen MR) is 81.0 cm³/mol. The lowest BCUT2D eigenvalue weighted by molar-refractivity contribution is 0.100. The van der Waals surface area contributed by atoms with Gasteiger partial charge in [-0.3, -0.25) is 4.79 Å². The predicted octanol–water partition coefficient (Wildman–Crippen LogP) is 1.93. The van der Waals surface area contributed by atoms with Crippen molar-refractivity contribution in [2.45, 2.75) is 13.0 Å². The fraction of sp³-hybridized carbons (Fsp3) is 0.231. The second-order valence-electron chi connectivity index (χ2n) is 4.54. The third-order valence-electron chi connectivity index (χ3n) is 3.36. The molecule has 2 aromatic rings. The Morgan fingerprint density at radius 3 is 3.00 bits per heavy atom. The molecule has 3 heterocycles. The van der Waals surface area contributed by atoms with E-state index in [2.05, 4.69) is 22.4 Å². The summed E-state index contributed by atoms with van der Waals surface area (Å²) in [7, 11) is 0. The van der Waals surface area contributed by atoms with E-state index in [1.165, 1.54) is 21.8 Å². The van der Waals surface area contributed by atoms with Gasteiger partial charge in [0, 0.05) is 18.0 Å². The van der Waals surface area contributed by atoms with Crippen molar-refractivity contribution in [3.63, 3.8) is 0 Å². The molecule has 7 heteroatoms. The number of carbonyl (C=O) groups is 1. The SMILES string of the molecule is N#Cc1c(N2CCc3sccc3C2)sc(C(N)=O)c1N. The van der Waals surface area contributed by atoms with Crippen LogP contribution in [0.5, 0.6) is 0 Å². The van der Waals surface area contributed by atoms with Crippen molar-refractivity contribution in [1.82, 2.24) is 0 Å². The molecule has 4 N–H and O–H groups in total. The summed E-state index contributed by atoms with van der Waals surface area (Å²) in [6.07, 6.45) is 0.946. The highest BCUT2D eigenvalue weighted by atomic mass is 32.1. The Morgan fingerprint density at radius 1 is 1.50 bits per heavy atom. The normalized spacial score (nSPS) is 13.8. The maximum Gasteiger partial charge on any atom is 0.261 e. The molecule has 0 aliphatic carbocycles. The summed E-state index contributed by atoms with van der Waals surface area (Å²) in [4.78, 5) is 15.1. The smallest absolute Gasteiger partial charge is 0.261 e. The van der Waals surface area contributed by atoms with Gasteiger partial charge in [-0.05, 0) is 23.4 Å². The van der Waals surface area contributed by atoms with Crippen LogP contribution in [0, 0.1) is 11.3 Å². The van der Waals surface area contributed by atoms with Crippen LogP contribution < -0.4 is 16.4 Å². The van der Waals surface area contributed by atoms with Crippen LogP contribution in [-0.4, -0.2) is 12.5 Å². The maximum absolute atomic E-state index is 11.4. The highest BCUT2D eigenvalue weighted by Crippen LogP contribution is 2.40. The van der Waals surface area contributed by atoms with Crippen LogP contribution in [-0.2, 0) is 13.0 Å². The van der Waals surface area contributed by atoms with Crippen LogP contribution >= 0.6 is 22.7 Å². The van der Waals surface area contributed by atoms with E-state index >= 15 is 0 Å². The van der Waals surface area contributed by atoms with Gasteiger partial charge in [0.15, 0.2) is 0 Å². The summed E-state index contributed by atoms with van der Waals surface area (Å²) in [5, 5.41) is 12.1. The summed E-state index contributed by atoms with van der Waals surface area (Å²) >= 11 is 2.97. The molecule has 2 aromatic heterocycles. The van der Waals surface area contributed by atoms with Gasteiger partial charge in [-0.15, -0.1) is 22.7 Å². The highest BCUT2D eigenvalue weighted by Gasteiger charge is 2.26. The number of nitrogen functional groups attached to an aromatic ring is 1. The monoisotopic (exact) mass is 304 g/mol. The van der Waals surface area contributed by atoms with E-state index in [9.17, 15) is 10.1 Å². The highest BCUT2D eigenvalue weighted by molar-refractivity contribution is 7.19. The van der Waals surface area contributed by atoms with Gasteiger partial charge in [0.25, 0.3) is 5.91 Å². The molecule has 0 bridgehead atoms. The zero-order valence-corrected chi connectivity index (χ0v) is 12.2. The minimum absolute atomic E-state index is 0.205. The number of rotatable bonds is 2. The first-order valence-electron chi connectivity index (χ1n) is 6.04. The number of primary amides is 1. The van der Waals surface area contributed by atoms with Gasteiger partial charge in [0.05, 0.1) is 5.69 Å². The molecule has 1 amide bonds. The summed E-state index contributed by atoms with van der Waals surface area (Å²) in [5.41, 5.74) is 13.0. The standard InChI is InChI=1S/C13H12N4OS2/c14-5-8-10(15)11(12(16)18)20-13(8)17-3-1-9-7(6-17)2-4-19-9/h2,4H,1,3,6,15H2,(H2,16,18). The molecule has 0 radical (unpaired) electrons. The number of hydrogen-bond donors (Lipinski definition) is 2. The van der Waals surface area contributed by atoms with E-state index in [0.717, 1.165) is 24.5 Å². The van der Waals surface area contributed by atoms with E-state index in [1.807, 2.05) is 0 Å². The molecule has 3 rings (SSSR count). The Balaban J connectivity index is 2.02. The van der Waals surface area contributed by atoms with Crippen molar-refractivity contribution < 1.29 is 4.79 Å². The second-order valence-corrected chi connectivity index (χ2v) is 6.54. The van der Waals surface area contributed by atoms with Crippen molar-refractivity contribution in [2.75, 3.05) is 17.2 Å². The number of amides is 1. The molecule has 1 aliphatic heterocycles. The molecule has 1 aliphatic rings. The number of fused-ring (bicyclic) bond motifs is 1. The molecule has 0 saturated carbocycles. The van der Waals surface area contributed by atoms with Crippen molar-refractivity contribution in [3.8, 4) is 6.07 Å². The van der Waals surface area contributed by atoms with Crippen molar-refractivity contribution in [2.24, 2.45) is 5.73 Å². The Hall–Kier alpha value is -2.04. The maximum atomic E-state index is 11.4. The summed E-state index contributed by atoms with van der Waals surface area (Å²) in [6.45, 7) is 1.56. The van der Waals surface area contributed by atoms with Crippen LogP contribution in [0.3, 0.4) is 0 Å². The third kappa shape index (κ3) is 1.94. The molecular weight excluding hydrogens is 292 g/mol. The summed E-state index contributed by atoms with van der Waals surface area (Å²) in [5.74, 6) is -0.580. The number of hydrogen-bond acceptors (Lipinski definition) is 6. The third-order valence-corrected chi connectivity index (χ3v) is 5.66. The second kappa shape index (κ2) is 4.81. The van der Waals surface area contributed by atoms with Crippen LogP contribution in [0.25, 0.3) is 0 Å². The van der Waals surface area contributed by atoms with Gasteiger partial charge in [0.1, 0.15) is 21.5 Å². The average Bonchev–Trinajstić information content (AvgIpc) is 3.01. The summed E-state index contributed by atoms with van der Waals surface area (Å²) in [6, 6.07) is 4.19. The van der Waals surface area contributed by atoms with E-state index in [0.29, 0.717) is 5.56 Å². The zero-order valence-electron chi connectivity index (χ0n) is 10.5. The van der Waals surface area contributed by atoms with E-state index in [4.69, 9.17) is 11.5 Å². The molecule has 0 atom stereocenters. The Kier molecular flexibility index (Phi) is 3.12. The largest absolute Gasteiger partial charge is 0.396 e. The first-order chi connectivity index (χ1) is 9.61. The van der Waals surface area contributed by atoms with Crippen molar-refractivity contribution in [1.29, 1.82) is 5.26 Å². The van der Waals surface area contributed by atoms with Crippen LogP contribution in [0.1, 0.15) is 25.7 Å². The van der Waals surface area contributed by atoms with Gasteiger partial charge in [-0.25, -0.2) is 0 Å². The lowest BCUT2D eigenvalue weighted by Gasteiger charge is -2.27. The van der Waals surface area contributed by atoms with Gasteiger partial charge in [-0.1, -0.05) is 0 Å². The van der Waals surface area contributed by atoms with E-state index in [1.54, 1.807) is 11.3 Å². The molecule has 0 unspecified atom stereocenters. The zero-order chi connectivity index (χ0) is 14.3. The van der Waals surface area contributed by atoms with Crippen molar-refractivity contribution in [3.05, 3.63) is 32.3 Å². The fourth-order valence-corrected chi connectivity index (χ4v) is 4.31. The molecule has 5 nitrogen and oxygen atoms in total.